The maximum Gasteiger partial charge on any atom is 0.246 e. The van der Waals surface area contributed by atoms with Crippen LogP contribution in [0.2, 0.25) is 0 Å². The molecule has 5 heteroatoms. The molecule has 0 unspecified atom stereocenters. The summed E-state index contributed by atoms with van der Waals surface area (Å²) in [5, 5.41) is 7.34. The molecule has 4 nitrogen and oxygen atoms in total. The lowest BCUT2D eigenvalue weighted by Gasteiger charge is -2.04. The Balaban J connectivity index is 1.72. The zero-order valence-corrected chi connectivity index (χ0v) is 13.7. The van der Waals surface area contributed by atoms with E-state index in [1.807, 2.05) is 49.4 Å². The summed E-state index contributed by atoms with van der Waals surface area (Å²) in [5.41, 5.74) is 3.21. The van der Waals surface area contributed by atoms with E-state index in [2.05, 4.69) is 44.1 Å². The van der Waals surface area contributed by atoms with Gasteiger partial charge in [0.15, 0.2) is 0 Å². The molecule has 0 aliphatic heterocycles. The van der Waals surface area contributed by atoms with E-state index < -0.39 is 0 Å². The number of aromatic nitrogens is 2. The molecule has 0 bridgehead atoms. The standard InChI is InChI=1S/C16H14IN3O/c1-11-5-4-6-12(9-11)16-19-15(21-20-16)10-18-14-8-3-2-7-13(14)17/h2-9,18H,10H2,1H3. The van der Waals surface area contributed by atoms with Crippen molar-refractivity contribution >= 4 is 28.3 Å². The van der Waals surface area contributed by atoms with Crippen molar-refractivity contribution in [2.75, 3.05) is 5.32 Å². The van der Waals surface area contributed by atoms with Crippen molar-refractivity contribution in [1.29, 1.82) is 0 Å². The predicted molar refractivity (Wildman–Crippen MR) is 91.0 cm³/mol. The fraction of sp³-hybridized carbons (Fsp3) is 0.125. The molecule has 1 aromatic heterocycles. The highest BCUT2D eigenvalue weighted by molar-refractivity contribution is 14.1. The Morgan fingerprint density at radius 3 is 2.81 bits per heavy atom. The molecule has 1 N–H and O–H groups in total. The number of halogens is 1. The van der Waals surface area contributed by atoms with E-state index in [4.69, 9.17) is 4.52 Å². The van der Waals surface area contributed by atoms with Crippen molar-refractivity contribution in [1.82, 2.24) is 10.1 Å². The summed E-state index contributed by atoms with van der Waals surface area (Å²) in [7, 11) is 0. The van der Waals surface area contributed by atoms with Gasteiger partial charge in [-0.1, -0.05) is 41.1 Å². The molecule has 106 valence electrons. The quantitative estimate of drug-likeness (QED) is 0.676. The molecule has 0 amide bonds. The smallest absolute Gasteiger partial charge is 0.246 e. The Labute approximate surface area is 136 Å². The number of nitrogens with zero attached hydrogens (tertiary/aromatic N) is 2. The molecule has 0 aliphatic carbocycles. The monoisotopic (exact) mass is 391 g/mol. The van der Waals surface area contributed by atoms with Gasteiger partial charge in [-0.05, 0) is 47.7 Å². The summed E-state index contributed by atoms with van der Waals surface area (Å²) in [6.45, 7) is 2.56. The normalized spacial score (nSPS) is 10.6. The summed E-state index contributed by atoms with van der Waals surface area (Å²) in [6.07, 6.45) is 0. The van der Waals surface area contributed by atoms with Crippen LogP contribution in [0.1, 0.15) is 11.5 Å². The molecular formula is C16H14IN3O. The van der Waals surface area contributed by atoms with E-state index >= 15 is 0 Å². The number of hydrogen-bond acceptors (Lipinski definition) is 4. The summed E-state index contributed by atoms with van der Waals surface area (Å²) in [5.74, 6) is 1.20. The molecule has 0 radical (unpaired) electrons. The van der Waals surface area contributed by atoms with Crippen LogP contribution in [0.25, 0.3) is 11.4 Å². The third kappa shape index (κ3) is 3.41. The molecule has 2 aromatic carbocycles. The third-order valence-electron chi connectivity index (χ3n) is 3.05. The van der Waals surface area contributed by atoms with Crippen LogP contribution in [0.3, 0.4) is 0 Å². The largest absolute Gasteiger partial charge is 0.375 e. The number of para-hydroxylation sites is 1. The summed E-state index contributed by atoms with van der Waals surface area (Å²) in [4.78, 5) is 4.42. The molecule has 1 heterocycles. The Hall–Kier alpha value is -1.89. The molecule has 21 heavy (non-hydrogen) atoms. The van der Waals surface area contributed by atoms with Crippen LogP contribution < -0.4 is 5.32 Å². The van der Waals surface area contributed by atoms with E-state index in [0.29, 0.717) is 18.3 Å². The first-order valence-electron chi connectivity index (χ1n) is 6.60. The van der Waals surface area contributed by atoms with E-state index in [9.17, 15) is 0 Å². The lowest BCUT2D eigenvalue weighted by Crippen LogP contribution is -2.01. The van der Waals surface area contributed by atoms with Crippen molar-refractivity contribution in [3.8, 4) is 11.4 Å². The van der Waals surface area contributed by atoms with Gasteiger partial charge in [0.25, 0.3) is 0 Å². The molecule has 0 saturated carbocycles. The van der Waals surface area contributed by atoms with Crippen molar-refractivity contribution in [2.45, 2.75) is 13.5 Å². The molecule has 0 fully saturated rings. The number of nitrogens with one attached hydrogen (secondary N) is 1. The van der Waals surface area contributed by atoms with Gasteiger partial charge in [-0.2, -0.15) is 4.98 Å². The number of rotatable bonds is 4. The maximum atomic E-state index is 5.29. The average Bonchev–Trinajstić information content (AvgIpc) is 2.95. The summed E-state index contributed by atoms with van der Waals surface area (Å²) in [6, 6.07) is 16.1. The summed E-state index contributed by atoms with van der Waals surface area (Å²) >= 11 is 2.29. The zero-order chi connectivity index (χ0) is 14.7. The van der Waals surface area contributed by atoms with Crippen LogP contribution in [-0.4, -0.2) is 10.1 Å². The highest BCUT2D eigenvalue weighted by atomic mass is 127. The average molecular weight is 391 g/mol. The van der Waals surface area contributed by atoms with Gasteiger partial charge < -0.3 is 9.84 Å². The lowest BCUT2D eigenvalue weighted by molar-refractivity contribution is 0.384. The number of anilines is 1. The van der Waals surface area contributed by atoms with Crippen LogP contribution in [-0.2, 0) is 6.54 Å². The fourth-order valence-corrected chi connectivity index (χ4v) is 2.58. The molecule has 0 aliphatic rings. The first-order chi connectivity index (χ1) is 10.2. The van der Waals surface area contributed by atoms with Crippen LogP contribution in [0.15, 0.2) is 53.1 Å². The number of benzene rings is 2. The minimum atomic E-state index is 0.513. The van der Waals surface area contributed by atoms with Gasteiger partial charge in [-0.3, -0.25) is 0 Å². The first-order valence-corrected chi connectivity index (χ1v) is 7.68. The minimum absolute atomic E-state index is 0.513. The van der Waals surface area contributed by atoms with Crippen LogP contribution in [0.5, 0.6) is 0 Å². The van der Waals surface area contributed by atoms with Gasteiger partial charge in [0, 0.05) is 14.8 Å². The molecule has 0 atom stereocenters. The Morgan fingerprint density at radius 1 is 1.14 bits per heavy atom. The minimum Gasteiger partial charge on any atom is -0.375 e. The van der Waals surface area contributed by atoms with Crippen LogP contribution >= 0.6 is 22.6 Å². The molecule has 0 spiro atoms. The third-order valence-corrected chi connectivity index (χ3v) is 3.99. The van der Waals surface area contributed by atoms with Crippen molar-refractivity contribution < 1.29 is 4.52 Å². The van der Waals surface area contributed by atoms with Gasteiger partial charge in [0.2, 0.25) is 11.7 Å². The number of hydrogen-bond donors (Lipinski definition) is 1. The van der Waals surface area contributed by atoms with Gasteiger partial charge >= 0.3 is 0 Å². The van der Waals surface area contributed by atoms with Crippen molar-refractivity contribution in [2.24, 2.45) is 0 Å². The highest BCUT2D eigenvalue weighted by Crippen LogP contribution is 2.19. The molecule has 3 aromatic rings. The second-order valence-electron chi connectivity index (χ2n) is 4.71. The Morgan fingerprint density at radius 2 is 2.00 bits per heavy atom. The topological polar surface area (TPSA) is 51.0 Å². The SMILES string of the molecule is Cc1cccc(-c2noc(CNc3ccccc3I)n2)c1. The first kappa shape index (κ1) is 14.1. The van der Waals surface area contributed by atoms with Gasteiger partial charge in [0.05, 0.1) is 6.54 Å². The predicted octanol–water partition coefficient (Wildman–Crippen LogP) is 4.26. The highest BCUT2D eigenvalue weighted by Gasteiger charge is 2.09. The van der Waals surface area contributed by atoms with E-state index in [1.54, 1.807) is 0 Å². The fourth-order valence-electron chi connectivity index (χ4n) is 2.00. The second kappa shape index (κ2) is 6.26. The van der Waals surface area contributed by atoms with Crippen molar-refractivity contribution in [3.63, 3.8) is 0 Å². The zero-order valence-electron chi connectivity index (χ0n) is 11.5. The van der Waals surface area contributed by atoms with Crippen LogP contribution in [0.4, 0.5) is 5.69 Å². The van der Waals surface area contributed by atoms with E-state index in [1.165, 1.54) is 5.56 Å². The second-order valence-corrected chi connectivity index (χ2v) is 5.88. The lowest BCUT2D eigenvalue weighted by atomic mass is 10.1. The van der Waals surface area contributed by atoms with Gasteiger partial charge in [-0.15, -0.1) is 0 Å². The Kier molecular flexibility index (Phi) is 4.19. The summed E-state index contributed by atoms with van der Waals surface area (Å²) < 4.78 is 6.46. The maximum absolute atomic E-state index is 5.29. The molecular weight excluding hydrogens is 377 g/mol. The van der Waals surface area contributed by atoms with Crippen molar-refractivity contribution in [3.05, 3.63) is 63.6 Å². The molecule has 3 rings (SSSR count). The Bertz CT molecular complexity index is 755. The number of aryl methyl sites for hydroxylation is 1. The van der Waals surface area contributed by atoms with E-state index in [0.717, 1.165) is 14.8 Å². The van der Waals surface area contributed by atoms with Gasteiger partial charge in [0.1, 0.15) is 0 Å². The molecule has 0 saturated heterocycles. The van der Waals surface area contributed by atoms with Crippen LogP contribution in [0, 0.1) is 10.5 Å². The van der Waals surface area contributed by atoms with Gasteiger partial charge in [-0.25, -0.2) is 0 Å². The van der Waals surface area contributed by atoms with E-state index in [-0.39, 0.29) is 0 Å².